The minimum Gasteiger partial charge on any atom is -0.368 e. The van der Waals surface area contributed by atoms with Crippen LogP contribution in [0.25, 0.3) is 32.9 Å². The number of rotatable bonds is 8. The van der Waals surface area contributed by atoms with Gasteiger partial charge in [0.1, 0.15) is 11.2 Å². The van der Waals surface area contributed by atoms with E-state index >= 15 is 8.78 Å². The van der Waals surface area contributed by atoms with Gasteiger partial charge < -0.3 is 24.5 Å². The predicted octanol–water partition coefficient (Wildman–Crippen LogP) is 13.5. The molecular formula is C57H56ClF5IN5O2. The Kier molecular flexibility index (Phi) is 12.3. The third-order valence-electron chi connectivity index (χ3n) is 17.4. The summed E-state index contributed by atoms with van der Waals surface area (Å²) < 4.78 is 82.0. The lowest BCUT2D eigenvalue weighted by Crippen LogP contribution is -2.59. The number of aryl methyl sites for hydroxylation is 1. The van der Waals surface area contributed by atoms with Gasteiger partial charge in [-0.1, -0.05) is 72.3 Å². The number of fused-ring (bicyclic) bond motifs is 8. The number of benzene rings is 5. The summed E-state index contributed by atoms with van der Waals surface area (Å²) in [6.07, 6.45) is 8.40. The highest BCUT2D eigenvalue weighted by molar-refractivity contribution is 14.1. The van der Waals surface area contributed by atoms with Crippen molar-refractivity contribution < 1.29 is 31.5 Å². The van der Waals surface area contributed by atoms with Gasteiger partial charge in [0.25, 0.3) is 5.91 Å². The second-order valence-electron chi connectivity index (χ2n) is 20.9. The summed E-state index contributed by atoms with van der Waals surface area (Å²) in [5.41, 5.74) is 7.52. The van der Waals surface area contributed by atoms with Crippen LogP contribution in [0.15, 0.2) is 84.9 Å². The van der Waals surface area contributed by atoms with Crippen LogP contribution >= 0.6 is 34.2 Å². The van der Waals surface area contributed by atoms with E-state index in [4.69, 9.17) is 16.3 Å². The van der Waals surface area contributed by atoms with E-state index in [1.165, 1.54) is 27.3 Å². The number of hydrogen-bond donors (Lipinski definition) is 2. The molecule has 370 valence electrons. The molecule has 71 heavy (non-hydrogen) atoms. The maximum Gasteiger partial charge on any atom is 0.260 e. The molecule has 2 aliphatic heterocycles. The van der Waals surface area contributed by atoms with Gasteiger partial charge in [0.2, 0.25) is 5.82 Å². The summed E-state index contributed by atoms with van der Waals surface area (Å²) in [5, 5.41) is 2.90. The first-order valence-electron chi connectivity index (χ1n) is 24.6. The molecule has 14 heteroatoms. The number of aromatic nitrogens is 2. The van der Waals surface area contributed by atoms with Gasteiger partial charge in [0.15, 0.2) is 23.3 Å². The van der Waals surface area contributed by atoms with Crippen LogP contribution in [-0.4, -0.2) is 77.5 Å². The molecule has 2 spiro atoms. The summed E-state index contributed by atoms with van der Waals surface area (Å²) in [4.78, 5) is 27.7. The third kappa shape index (κ3) is 7.68. The first kappa shape index (κ1) is 48.5. The Morgan fingerprint density at radius 1 is 0.704 bits per heavy atom. The lowest BCUT2D eigenvalue weighted by molar-refractivity contribution is -0.113. The maximum absolute atomic E-state index is 15.4. The molecule has 5 aromatic carbocycles. The number of para-hydroxylation sites is 1. The number of carbonyl (C=O) groups excluding carboxylic acids is 1. The zero-order chi connectivity index (χ0) is 49.8. The van der Waals surface area contributed by atoms with Crippen molar-refractivity contribution in [2.24, 2.45) is 0 Å². The Labute approximate surface area is 429 Å². The summed E-state index contributed by atoms with van der Waals surface area (Å²) in [5.74, 6) is -12.0. The van der Waals surface area contributed by atoms with Gasteiger partial charge in [-0.15, -0.1) is 0 Å². The van der Waals surface area contributed by atoms with Gasteiger partial charge in [-0.25, -0.2) is 22.0 Å². The molecule has 7 nitrogen and oxygen atoms in total. The molecule has 11 rings (SSSR count). The number of aromatic amines is 2. The molecule has 0 unspecified atom stereocenters. The second-order valence-corrected chi connectivity index (χ2v) is 22.6. The number of hydrogen-bond acceptors (Lipinski definition) is 4. The van der Waals surface area contributed by atoms with E-state index in [9.17, 15) is 18.0 Å². The smallest absolute Gasteiger partial charge is 0.260 e. The first-order valence-corrected chi connectivity index (χ1v) is 26.1. The molecule has 2 N–H and O–H groups in total. The zero-order valence-electron chi connectivity index (χ0n) is 40.3. The van der Waals surface area contributed by atoms with Crippen molar-refractivity contribution in [2.45, 2.75) is 99.3 Å². The molecule has 0 atom stereocenters. The van der Waals surface area contributed by atoms with E-state index in [1.54, 1.807) is 0 Å². The summed E-state index contributed by atoms with van der Waals surface area (Å²) in [6.45, 7) is 0.725. The van der Waals surface area contributed by atoms with Crippen molar-refractivity contribution in [2.75, 3.05) is 41.3 Å². The molecule has 4 heterocycles. The molecule has 2 aromatic heterocycles. The van der Waals surface area contributed by atoms with Gasteiger partial charge in [-0.05, 0) is 185 Å². The fraction of sp³-hybridized carbons (Fsp3) is 0.386. The molecule has 0 radical (unpaired) electrons. The SMILES string of the molecule is CN(C)C1(CCc2cccc(-c3cccc(C4(N(C)C)CCC5(CC4)OCCc4c5[nH]c5cc(I)cc(Cl)c45)c3)c2)CCC2(CC1)c1[nH]c3ccccc3c1CCN2C(=O)c1c(F)c(F)c(F)c(F)c1F. The average molecular weight is 1100 g/mol. The Morgan fingerprint density at radius 2 is 1.37 bits per heavy atom. The number of nitrogens with one attached hydrogen (secondary N) is 2. The van der Waals surface area contributed by atoms with Crippen LogP contribution in [-0.2, 0) is 40.7 Å². The molecule has 2 fully saturated rings. The number of halogens is 7. The molecule has 4 aliphatic rings. The van der Waals surface area contributed by atoms with Crippen molar-refractivity contribution >= 4 is 61.9 Å². The van der Waals surface area contributed by atoms with Crippen LogP contribution in [0, 0.1) is 32.7 Å². The summed E-state index contributed by atoms with van der Waals surface area (Å²) in [6, 6.07) is 29.7. The second kappa shape index (κ2) is 18.0. The standard InChI is InChI=1S/C57H56ClF5IN5O2/c1-67(2)54(19-21-56(22-20-54)51-39(38-13-5-6-14-42(38)65-51)16-27-69(56)53(70)45-46(59)48(61)50(63)49(62)47(45)60)18-15-33-9-7-10-34(29-33)35-11-8-12-36(30-35)55(68(3)4)23-25-57(26-24-55)52-40(17-28-71-57)44-41(58)31-37(64)32-43(44)66-52/h5-14,29-32,65-66H,15-28H2,1-4H3. The lowest BCUT2D eigenvalue weighted by atomic mass is 9.65. The topological polar surface area (TPSA) is 67.6 Å². The Bertz CT molecular complexity index is 3230. The molecule has 0 bridgehead atoms. The third-order valence-corrected chi connectivity index (χ3v) is 18.3. The monoisotopic (exact) mass is 1100 g/mol. The van der Waals surface area contributed by atoms with Crippen molar-refractivity contribution in [3.05, 3.63) is 162 Å². The van der Waals surface area contributed by atoms with Gasteiger partial charge in [-0.2, -0.15) is 0 Å². The molecular weight excluding hydrogens is 1040 g/mol. The van der Waals surface area contributed by atoms with E-state index in [0.29, 0.717) is 38.7 Å². The van der Waals surface area contributed by atoms with Gasteiger partial charge in [-0.3, -0.25) is 9.69 Å². The van der Waals surface area contributed by atoms with Gasteiger partial charge >= 0.3 is 0 Å². The number of carbonyl (C=O) groups is 1. The van der Waals surface area contributed by atoms with Crippen molar-refractivity contribution in [3.63, 3.8) is 0 Å². The van der Waals surface area contributed by atoms with Crippen LogP contribution in [0.4, 0.5) is 22.0 Å². The van der Waals surface area contributed by atoms with E-state index in [2.05, 4.69) is 125 Å². The molecule has 2 saturated carbocycles. The minimum atomic E-state index is -2.29. The fourth-order valence-corrected chi connectivity index (χ4v) is 14.5. The normalized spacial score (nSPS) is 24.4. The van der Waals surface area contributed by atoms with Gasteiger partial charge in [0, 0.05) is 48.7 Å². The van der Waals surface area contributed by atoms with E-state index in [1.807, 2.05) is 30.3 Å². The van der Waals surface area contributed by atoms with Crippen LogP contribution < -0.4 is 0 Å². The quantitative estimate of drug-likeness (QED) is 0.0689. The van der Waals surface area contributed by atoms with Crippen molar-refractivity contribution in [3.8, 4) is 11.1 Å². The molecule has 2 aliphatic carbocycles. The van der Waals surface area contributed by atoms with Crippen molar-refractivity contribution in [1.29, 1.82) is 0 Å². The predicted molar refractivity (Wildman–Crippen MR) is 277 cm³/mol. The highest BCUT2D eigenvalue weighted by Crippen LogP contribution is 2.55. The highest BCUT2D eigenvalue weighted by atomic mass is 127. The largest absolute Gasteiger partial charge is 0.368 e. The van der Waals surface area contributed by atoms with Crippen molar-refractivity contribution in [1.82, 2.24) is 24.7 Å². The Balaban J connectivity index is 0.847. The molecule has 0 saturated heterocycles. The summed E-state index contributed by atoms with van der Waals surface area (Å²) in [7, 11) is 8.51. The number of nitrogens with zero attached hydrogens (tertiary/aromatic N) is 3. The van der Waals surface area contributed by atoms with E-state index < -0.39 is 51.7 Å². The number of H-pyrrole nitrogens is 2. The summed E-state index contributed by atoms with van der Waals surface area (Å²) >= 11 is 9.18. The van der Waals surface area contributed by atoms with E-state index in [-0.39, 0.29) is 17.6 Å². The van der Waals surface area contributed by atoms with E-state index in [0.717, 1.165) is 97.7 Å². The maximum atomic E-state index is 15.4. The highest BCUT2D eigenvalue weighted by Gasteiger charge is 2.54. The van der Waals surface area contributed by atoms with Gasteiger partial charge in [0.05, 0.1) is 22.9 Å². The molecule has 1 amide bonds. The Hall–Kier alpha value is -4.80. The van der Waals surface area contributed by atoms with Crippen LogP contribution in [0.5, 0.6) is 0 Å². The average Bonchev–Trinajstić information content (AvgIpc) is 3.96. The fourth-order valence-electron chi connectivity index (χ4n) is 13.3. The lowest BCUT2D eigenvalue weighted by Gasteiger charge is -2.55. The zero-order valence-corrected chi connectivity index (χ0v) is 43.2. The first-order chi connectivity index (χ1) is 34.0. The number of amides is 1. The van der Waals surface area contributed by atoms with Crippen LogP contribution in [0.1, 0.15) is 102 Å². The van der Waals surface area contributed by atoms with Crippen LogP contribution in [0.3, 0.4) is 0 Å². The molecule has 7 aromatic rings. The minimum absolute atomic E-state index is 0.0576. The Morgan fingerprint density at radius 3 is 2.07 bits per heavy atom. The number of ether oxygens (including phenoxy) is 1. The van der Waals surface area contributed by atoms with Crippen LogP contribution in [0.2, 0.25) is 5.02 Å².